The molecular formula is C17H13N3O3S2. The van der Waals surface area contributed by atoms with E-state index in [1.54, 1.807) is 11.3 Å². The number of rotatable bonds is 3. The maximum absolute atomic E-state index is 12.5. The van der Waals surface area contributed by atoms with Crippen molar-refractivity contribution in [1.29, 1.82) is 0 Å². The normalized spacial score (nSPS) is 13.4. The van der Waals surface area contributed by atoms with Gasteiger partial charge in [0, 0.05) is 18.1 Å². The molecule has 0 atom stereocenters. The van der Waals surface area contributed by atoms with Crippen molar-refractivity contribution in [3.8, 4) is 11.5 Å². The first-order chi connectivity index (χ1) is 12.3. The van der Waals surface area contributed by atoms with E-state index >= 15 is 0 Å². The second kappa shape index (κ2) is 5.75. The van der Waals surface area contributed by atoms with Gasteiger partial charge in [-0.1, -0.05) is 6.07 Å². The number of thiophene rings is 1. The molecule has 1 aliphatic heterocycles. The Hall–Kier alpha value is -2.58. The van der Waals surface area contributed by atoms with E-state index in [2.05, 4.69) is 10.3 Å². The Morgan fingerprint density at radius 3 is 3.04 bits per heavy atom. The third-order valence-electron chi connectivity index (χ3n) is 4.02. The smallest absolute Gasteiger partial charge is 0.261 e. The van der Waals surface area contributed by atoms with Gasteiger partial charge >= 0.3 is 0 Å². The number of fused-ring (bicyclic) bond motifs is 4. The zero-order valence-electron chi connectivity index (χ0n) is 13.0. The minimum atomic E-state index is -0.0955. The molecule has 1 aliphatic rings. The summed E-state index contributed by atoms with van der Waals surface area (Å²) in [6.45, 7) is 1.56. The van der Waals surface area contributed by atoms with Crippen molar-refractivity contribution < 1.29 is 14.3 Å². The number of nitrogens with one attached hydrogen (secondary N) is 1. The number of aromatic nitrogens is 2. The summed E-state index contributed by atoms with van der Waals surface area (Å²) >= 11 is 3.00. The van der Waals surface area contributed by atoms with Gasteiger partial charge in [0.2, 0.25) is 0 Å². The number of nitrogens with zero attached hydrogens (tertiary/aromatic N) is 2. The van der Waals surface area contributed by atoms with E-state index in [0.717, 1.165) is 32.4 Å². The van der Waals surface area contributed by atoms with Crippen LogP contribution in [-0.2, 0) is 6.54 Å². The van der Waals surface area contributed by atoms with E-state index in [0.29, 0.717) is 24.6 Å². The number of hydrogen-bond acceptors (Lipinski definition) is 6. The Morgan fingerprint density at radius 2 is 2.12 bits per heavy atom. The third kappa shape index (κ3) is 2.54. The van der Waals surface area contributed by atoms with Crippen molar-refractivity contribution in [3.63, 3.8) is 0 Å². The van der Waals surface area contributed by atoms with Gasteiger partial charge in [0.1, 0.15) is 18.0 Å². The van der Waals surface area contributed by atoms with Crippen molar-refractivity contribution in [2.24, 2.45) is 0 Å². The van der Waals surface area contributed by atoms with Crippen molar-refractivity contribution in [3.05, 3.63) is 46.3 Å². The molecule has 0 saturated carbocycles. The molecule has 8 heteroatoms. The average Bonchev–Trinajstić information content (AvgIpc) is 3.31. The van der Waals surface area contributed by atoms with Gasteiger partial charge in [-0.3, -0.25) is 9.20 Å². The lowest BCUT2D eigenvalue weighted by Crippen LogP contribution is -2.22. The Kier molecular flexibility index (Phi) is 3.39. The van der Waals surface area contributed by atoms with E-state index in [9.17, 15) is 4.79 Å². The van der Waals surface area contributed by atoms with Crippen LogP contribution in [0.25, 0.3) is 15.3 Å². The van der Waals surface area contributed by atoms with Crippen LogP contribution in [0.2, 0.25) is 0 Å². The van der Waals surface area contributed by atoms with Crippen LogP contribution >= 0.6 is 22.7 Å². The number of ether oxygens (including phenoxy) is 2. The Labute approximate surface area is 150 Å². The lowest BCUT2D eigenvalue weighted by Gasteiger charge is -2.18. The van der Waals surface area contributed by atoms with E-state index in [4.69, 9.17) is 9.47 Å². The summed E-state index contributed by atoms with van der Waals surface area (Å²) in [4.78, 5) is 19.5. The van der Waals surface area contributed by atoms with Crippen LogP contribution < -0.4 is 14.8 Å². The molecule has 0 spiro atoms. The fraction of sp³-hybridized carbons (Fsp3) is 0.176. The van der Waals surface area contributed by atoms with Gasteiger partial charge in [0.05, 0.1) is 10.4 Å². The molecule has 1 amide bonds. The first kappa shape index (κ1) is 14.7. The molecule has 1 N–H and O–H groups in total. The average molecular weight is 371 g/mol. The van der Waals surface area contributed by atoms with E-state index < -0.39 is 0 Å². The molecule has 126 valence electrons. The first-order valence-electron chi connectivity index (χ1n) is 7.80. The summed E-state index contributed by atoms with van der Waals surface area (Å²) in [7, 11) is 0. The van der Waals surface area contributed by atoms with Crippen LogP contribution in [0, 0.1) is 0 Å². The number of benzene rings is 1. The molecule has 25 heavy (non-hydrogen) atoms. The fourth-order valence-corrected chi connectivity index (χ4v) is 4.54. The van der Waals surface area contributed by atoms with Crippen LogP contribution in [0.3, 0.4) is 0 Å². The molecule has 0 fully saturated rings. The topological polar surface area (TPSA) is 64.9 Å². The van der Waals surface area contributed by atoms with E-state index in [-0.39, 0.29) is 5.91 Å². The van der Waals surface area contributed by atoms with Gasteiger partial charge in [-0.25, -0.2) is 4.98 Å². The molecule has 0 bridgehead atoms. The molecule has 6 nitrogen and oxygen atoms in total. The second-order valence-corrected chi connectivity index (χ2v) is 7.53. The first-order valence-corrected chi connectivity index (χ1v) is 9.49. The highest BCUT2D eigenvalue weighted by atomic mass is 32.1. The molecule has 5 rings (SSSR count). The zero-order valence-corrected chi connectivity index (χ0v) is 14.7. The van der Waals surface area contributed by atoms with Crippen molar-refractivity contribution >= 4 is 43.9 Å². The quantitative estimate of drug-likeness (QED) is 0.600. The molecule has 3 aromatic heterocycles. The standard InChI is InChI=1S/C17H13N3O3S2/c21-15(14-8-11-16(25-14)19-17-20(11)3-6-24-17)18-9-10-1-2-12-13(7-10)23-5-4-22-12/h1-3,6-8H,4-5,9H2,(H,18,21). The zero-order chi connectivity index (χ0) is 16.8. The number of carbonyl (C=O) groups is 1. The van der Waals surface area contributed by atoms with Gasteiger partial charge in [-0.2, -0.15) is 0 Å². The number of imidazole rings is 1. The van der Waals surface area contributed by atoms with E-state index in [1.807, 2.05) is 40.2 Å². The second-order valence-electron chi connectivity index (χ2n) is 5.63. The number of hydrogen-bond donors (Lipinski definition) is 1. The lowest BCUT2D eigenvalue weighted by molar-refractivity contribution is 0.0955. The molecule has 0 unspecified atom stereocenters. The Morgan fingerprint density at radius 1 is 1.24 bits per heavy atom. The van der Waals surface area contributed by atoms with E-state index in [1.165, 1.54) is 11.3 Å². The van der Waals surface area contributed by atoms with Crippen LogP contribution in [0.1, 0.15) is 15.2 Å². The largest absolute Gasteiger partial charge is 0.486 e. The maximum Gasteiger partial charge on any atom is 0.261 e. The number of carbonyl (C=O) groups excluding carboxylic acids is 1. The molecule has 1 aromatic carbocycles. The van der Waals surface area contributed by atoms with Gasteiger partial charge in [0.25, 0.3) is 5.91 Å². The van der Waals surface area contributed by atoms with Gasteiger partial charge in [-0.15, -0.1) is 22.7 Å². The highest BCUT2D eigenvalue weighted by molar-refractivity contribution is 7.21. The highest BCUT2D eigenvalue weighted by Gasteiger charge is 2.16. The van der Waals surface area contributed by atoms with Gasteiger partial charge in [-0.05, 0) is 23.8 Å². The Bertz CT molecular complexity index is 1100. The lowest BCUT2D eigenvalue weighted by atomic mass is 10.2. The summed E-state index contributed by atoms with van der Waals surface area (Å²) in [5, 5.41) is 4.94. The van der Waals surface area contributed by atoms with Crippen LogP contribution in [0.15, 0.2) is 35.8 Å². The molecule has 0 radical (unpaired) electrons. The van der Waals surface area contributed by atoms with Gasteiger partial charge < -0.3 is 14.8 Å². The summed E-state index contributed by atoms with van der Waals surface area (Å²) in [6.07, 6.45) is 1.97. The van der Waals surface area contributed by atoms with Crippen LogP contribution in [0.4, 0.5) is 0 Å². The third-order valence-corrected chi connectivity index (χ3v) is 5.80. The predicted octanol–water partition coefficient (Wildman–Crippen LogP) is 3.31. The van der Waals surface area contributed by atoms with Crippen molar-refractivity contribution in [2.75, 3.05) is 13.2 Å². The SMILES string of the molecule is O=C(NCc1ccc2c(c1)OCCO2)c1cc2c(nc3sccn32)s1. The molecule has 4 aromatic rings. The fourth-order valence-electron chi connectivity index (χ4n) is 2.83. The highest BCUT2D eigenvalue weighted by Crippen LogP contribution is 2.31. The molecule has 0 aliphatic carbocycles. The minimum absolute atomic E-state index is 0.0955. The molecule has 4 heterocycles. The maximum atomic E-state index is 12.5. The Balaban J connectivity index is 1.33. The summed E-state index contributed by atoms with van der Waals surface area (Å²) in [5.74, 6) is 1.39. The monoisotopic (exact) mass is 371 g/mol. The minimum Gasteiger partial charge on any atom is -0.486 e. The summed E-state index contributed by atoms with van der Waals surface area (Å²) < 4.78 is 13.1. The van der Waals surface area contributed by atoms with Crippen LogP contribution in [0.5, 0.6) is 11.5 Å². The number of amides is 1. The predicted molar refractivity (Wildman–Crippen MR) is 97.1 cm³/mol. The summed E-state index contributed by atoms with van der Waals surface area (Å²) in [5.41, 5.74) is 1.95. The van der Waals surface area contributed by atoms with Crippen molar-refractivity contribution in [1.82, 2.24) is 14.7 Å². The van der Waals surface area contributed by atoms with Gasteiger partial charge in [0.15, 0.2) is 16.5 Å². The molecule has 0 saturated heterocycles. The molecular weight excluding hydrogens is 358 g/mol. The van der Waals surface area contributed by atoms with Crippen LogP contribution in [-0.4, -0.2) is 28.5 Å². The van der Waals surface area contributed by atoms with Crippen molar-refractivity contribution in [2.45, 2.75) is 6.54 Å². The number of thiazole rings is 1. The summed E-state index contributed by atoms with van der Waals surface area (Å²) in [6, 6.07) is 7.62.